The van der Waals surface area contributed by atoms with Gasteiger partial charge in [-0.15, -0.1) is 35.3 Å². The van der Waals surface area contributed by atoms with Gasteiger partial charge in [0.2, 0.25) is 5.60 Å². The van der Waals surface area contributed by atoms with E-state index in [1.54, 1.807) is 0 Å². The van der Waals surface area contributed by atoms with Crippen LogP contribution in [0.2, 0.25) is 0 Å². The summed E-state index contributed by atoms with van der Waals surface area (Å²) in [6, 6.07) is 0. The number of nitrogens with zero attached hydrogens (tertiary/aromatic N) is 4. The van der Waals surface area contributed by atoms with Gasteiger partial charge in [-0.25, -0.2) is 15.0 Å². The fourth-order valence-corrected chi connectivity index (χ4v) is 3.46. The number of nitrogens with one attached hydrogen (secondary N) is 2. The van der Waals surface area contributed by atoms with Crippen molar-refractivity contribution in [1.82, 2.24) is 25.2 Å². The molecule has 0 aliphatic carbocycles. The lowest BCUT2D eigenvalue weighted by Crippen LogP contribution is -2.47. The van der Waals surface area contributed by atoms with Gasteiger partial charge in [-0.1, -0.05) is 0 Å². The summed E-state index contributed by atoms with van der Waals surface area (Å²) >= 11 is 1.53. The van der Waals surface area contributed by atoms with Crippen LogP contribution in [0.4, 0.5) is 13.2 Å². The summed E-state index contributed by atoms with van der Waals surface area (Å²) in [5, 5.41) is 17.0. The summed E-state index contributed by atoms with van der Waals surface area (Å²) in [5.41, 5.74) is -2.11. The molecule has 2 aromatic rings. The Labute approximate surface area is 188 Å². The van der Waals surface area contributed by atoms with Gasteiger partial charge in [0.05, 0.1) is 12.2 Å². The minimum atomic E-state index is -4.86. The van der Waals surface area contributed by atoms with Crippen molar-refractivity contribution in [1.29, 1.82) is 0 Å². The number of alkyl halides is 3. The van der Waals surface area contributed by atoms with Gasteiger partial charge in [0, 0.05) is 43.8 Å². The predicted molar refractivity (Wildman–Crippen MR) is 118 cm³/mol. The minimum Gasteiger partial charge on any atom is -0.374 e. The highest BCUT2D eigenvalue weighted by Gasteiger charge is 2.57. The van der Waals surface area contributed by atoms with Crippen LogP contribution in [0.15, 0.2) is 17.4 Å². The number of halogens is 4. The van der Waals surface area contributed by atoms with Crippen LogP contribution < -0.4 is 10.6 Å². The van der Waals surface area contributed by atoms with E-state index in [2.05, 4.69) is 25.6 Å². The second-order valence-corrected chi connectivity index (χ2v) is 7.63. The average molecular weight is 546 g/mol. The van der Waals surface area contributed by atoms with Crippen molar-refractivity contribution >= 4 is 41.3 Å². The maximum atomic E-state index is 13.5. The molecule has 1 unspecified atom stereocenters. The summed E-state index contributed by atoms with van der Waals surface area (Å²) in [7, 11) is 1.41. The van der Waals surface area contributed by atoms with E-state index in [1.165, 1.54) is 35.3 Å². The summed E-state index contributed by atoms with van der Waals surface area (Å²) in [6.45, 7) is 6.46. The molecule has 12 heteroatoms. The van der Waals surface area contributed by atoms with Gasteiger partial charge < -0.3 is 20.3 Å². The normalized spacial score (nSPS) is 14.3. The van der Waals surface area contributed by atoms with Gasteiger partial charge in [0.25, 0.3) is 0 Å². The standard InChI is InChI=1S/C17H25F3N6OS.HI/c1-5-21-15(24-10-13-25-11(2)12(3)28-13)23-7-6-16(27,17(18,19)20)14-22-8-9-26(14)4;/h8-9,27H,5-7,10H2,1-4H3,(H2,21,23,24);1H. The molecule has 0 aromatic carbocycles. The molecule has 2 heterocycles. The maximum Gasteiger partial charge on any atom is 0.424 e. The first kappa shape index (κ1) is 25.6. The number of thiazole rings is 1. The zero-order valence-electron chi connectivity index (χ0n) is 16.7. The molecule has 0 saturated carbocycles. The number of aliphatic imine (C=N–C) groups is 1. The second-order valence-electron chi connectivity index (χ2n) is 6.34. The Morgan fingerprint density at radius 1 is 1.31 bits per heavy atom. The smallest absolute Gasteiger partial charge is 0.374 e. The van der Waals surface area contributed by atoms with Gasteiger partial charge in [-0.05, 0) is 20.8 Å². The third kappa shape index (κ3) is 6.28. The first-order valence-corrected chi connectivity index (χ1v) is 9.62. The predicted octanol–water partition coefficient (Wildman–Crippen LogP) is 3.01. The Morgan fingerprint density at radius 3 is 2.48 bits per heavy atom. The molecule has 0 spiro atoms. The zero-order chi connectivity index (χ0) is 20.9. The molecule has 0 saturated heterocycles. The van der Waals surface area contributed by atoms with Gasteiger partial charge in [-0.3, -0.25) is 0 Å². The van der Waals surface area contributed by atoms with E-state index in [4.69, 9.17) is 0 Å². The van der Waals surface area contributed by atoms with Crippen molar-refractivity contribution in [3.05, 3.63) is 33.8 Å². The first-order valence-electron chi connectivity index (χ1n) is 8.80. The van der Waals surface area contributed by atoms with Crippen LogP contribution in [0.3, 0.4) is 0 Å². The summed E-state index contributed by atoms with van der Waals surface area (Å²) in [6.07, 6.45) is -2.88. The lowest BCUT2D eigenvalue weighted by Gasteiger charge is -2.30. The molecule has 1 atom stereocenters. The SMILES string of the molecule is CCNC(=NCc1nc(C)c(C)s1)NCCC(O)(c1nccn1C)C(F)(F)F.I. The summed E-state index contributed by atoms with van der Waals surface area (Å²) < 4.78 is 41.8. The van der Waals surface area contributed by atoms with Gasteiger partial charge in [-0.2, -0.15) is 13.2 Å². The summed E-state index contributed by atoms with van der Waals surface area (Å²) in [4.78, 5) is 13.5. The van der Waals surface area contributed by atoms with Crippen LogP contribution in [-0.4, -0.2) is 44.9 Å². The Bertz CT molecular complexity index is 803. The summed E-state index contributed by atoms with van der Waals surface area (Å²) in [5.74, 6) is -0.0881. The molecule has 0 fully saturated rings. The molecule has 2 aromatic heterocycles. The molecule has 2 rings (SSSR count). The largest absolute Gasteiger partial charge is 0.424 e. The second kappa shape index (κ2) is 10.6. The minimum absolute atomic E-state index is 0. The monoisotopic (exact) mass is 546 g/mol. The Kier molecular flexibility index (Phi) is 9.34. The molecule has 0 radical (unpaired) electrons. The molecule has 0 aliphatic rings. The van der Waals surface area contributed by atoms with Crippen molar-refractivity contribution in [3.8, 4) is 0 Å². The molecule has 0 aliphatic heterocycles. The number of guanidine groups is 1. The van der Waals surface area contributed by atoms with E-state index in [0.717, 1.165) is 15.6 Å². The van der Waals surface area contributed by atoms with E-state index in [1.807, 2.05) is 20.8 Å². The Morgan fingerprint density at radius 2 is 2.00 bits per heavy atom. The highest BCUT2D eigenvalue weighted by Crippen LogP contribution is 2.40. The highest BCUT2D eigenvalue weighted by molar-refractivity contribution is 14.0. The average Bonchev–Trinajstić information content (AvgIpc) is 3.17. The lowest BCUT2D eigenvalue weighted by molar-refractivity contribution is -0.272. The van der Waals surface area contributed by atoms with Crippen molar-refractivity contribution < 1.29 is 18.3 Å². The molecule has 3 N–H and O–H groups in total. The van der Waals surface area contributed by atoms with Crippen LogP contribution in [0, 0.1) is 13.8 Å². The number of hydrogen-bond acceptors (Lipinski definition) is 5. The molecule has 0 amide bonds. The number of rotatable bonds is 7. The van der Waals surface area contributed by atoms with E-state index < -0.39 is 24.0 Å². The van der Waals surface area contributed by atoms with Crippen LogP contribution in [0.1, 0.15) is 34.7 Å². The fourth-order valence-electron chi connectivity index (χ4n) is 2.60. The van der Waals surface area contributed by atoms with Crippen LogP contribution in [0.25, 0.3) is 0 Å². The lowest BCUT2D eigenvalue weighted by atomic mass is 9.97. The van der Waals surface area contributed by atoms with Crippen molar-refractivity contribution in [2.75, 3.05) is 13.1 Å². The van der Waals surface area contributed by atoms with Gasteiger partial charge in [0.15, 0.2) is 5.96 Å². The Balaban J connectivity index is 0.00000420. The van der Waals surface area contributed by atoms with Crippen molar-refractivity contribution in [3.63, 3.8) is 0 Å². The first-order chi connectivity index (χ1) is 13.1. The van der Waals surface area contributed by atoms with E-state index in [9.17, 15) is 18.3 Å². The van der Waals surface area contributed by atoms with Crippen LogP contribution in [0.5, 0.6) is 0 Å². The highest BCUT2D eigenvalue weighted by atomic mass is 127. The van der Waals surface area contributed by atoms with Crippen LogP contribution in [-0.2, 0) is 19.2 Å². The number of aromatic nitrogens is 3. The van der Waals surface area contributed by atoms with Gasteiger partial charge in [0.1, 0.15) is 10.8 Å². The third-order valence-electron chi connectivity index (χ3n) is 4.23. The third-order valence-corrected chi connectivity index (χ3v) is 5.29. The number of hydrogen-bond donors (Lipinski definition) is 3. The topological polar surface area (TPSA) is 87.4 Å². The van der Waals surface area contributed by atoms with Gasteiger partial charge >= 0.3 is 6.18 Å². The maximum absolute atomic E-state index is 13.5. The molecule has 0 bridgehead atoms. The van der Waals surface area contributed by atoms with Crippen molar-refractivity contribution in [2.24, 2.45) is 12.0 Å². The van der Waals surface area contributed by atoms with E-state index in [-0.39, 0.29) is 30.5 Å². The Hall–Kier alpha value is -1.41. The molecular formula is C17H26F3IN6OS. The zero-order valence-corrected chi connectivity index (χ0v) is 19.8. The van der Waals surface area contributed by atoms with Crippen molar-refractivity contribution in [2.45, 2.75) is 45.5 Å². The number of imidazole rings is 1. The number of aliphatic hydroxyl groups is 1. The molecule has 164 valence electrons. The number of aryl methyl sites for hydroxylation is 3. The van der Waals surface area contributed by atoms with E-state index >= 15 is 0 Å². The van der Waals surface area contributed by atoms with Crippen LogP contribution >= 0.6 is 35.3 Å². The fraction of sp³-hybridized carbons (Fsp3) is 0.588. The van der Waals surface area contributed by atoms with E-state index in [0.29, 0.717) is 19.0 Å². The molecular weight excluding hydrogens is 520 g/mol. The quantitative estimate of drug-likeness (QED) is 0.283. The molecule has 7 nitrogen and oxygen atoms in total. The molecule has 29 heavy (non-hydrogen) atoms.